The second-order valence-electron chi connectivity index (χ2n) is 7.90. The van der Waals surface area contributed by atoms with Crippen LogP contribution in [0.3, 0.4) is 0 Å². The van der Waals surface area contributed by atoms with Crippen LogP contribution in [0, 0.1) is 0 Å². The van der Waals surface area contributed by atoms with Crippen molar-refractivity contribution < 1.29 is 19.1 Å². The Bertz CT molecular complexity index is 1230. The Morgan fingerprint density at radius 1 is 0.971 bits per heavy atom. The summed E-state index contributed by atoms with van der Waals surface area (Å²) in [6, 6.07) is 21.5. The summed E-state index contributed by atoms with van der Waals surface area (Å²) in [6.07, 6.45) is 1.94. The number of carbonyl (C=O) groups excluding carboxylic acids is 2. The van der Waals surface area contributed by atoms with Crippen LogP contribution in [0.5, 0.6) is 11.5 Å². The van der Waals surface area contributed by atoms with Crippen molar-refractivity contribution in [2.45, 2.75) is 13.0 Å². The zero-order chi connectivity index (χ0) is 24.2. The third kappa shape index (κ3) is 4.70. The summed E-state index contributed by atoms with van der Waals surface area (Å²) in [4.78, 5) is 30.6. The number of hydrogen-bond donors (Lipinski definition) is 0. The number of methoxy groups -OCH3 is 2. The van der Waals surface area contributed by atoms with Crippen molar-refractivity contribution in [3.63, 3.8) is 0 Å². The molecule has 0 unspecified atom stereocenters. The number of ether oxygens (including phenoxy) is 2. The molecule has 0 aromatic heterocycles. The third-order valence-electron chi connectivity index (χ3n) is 5.73. The molecule has 2 amide bonds. The fourth-order valence-electron chi connectivity index (χ4n) is 4.09. The van der Waals surface area contributed by atoms with Gasteiger partial charge in [0.15, 0.2) is 0 Å². The Labute approximate surface area is 207 Å². The monoisotopic (exact) mass is 520 g/mol. The summed E-state index contributed by atoms with van der Waals surface area (Å²) in [5.74, 6) is 0.637. The molecule has 1 atom stereocenters. The number of hydrogen-bond acceptors (Lipinski definition) is 4. The smallest absolute Gasteiger partial charge is 0.255 e. The van der Waals surface area contributed by atoms with E-state index in [1.807, 2.05) is 67.6 Å². The van der Waals surface area contributed by atoms with Crippen LogP contribution in [-0.2, 0) is 9.59 Å². The van der Waals surface area contributed by atoms with E-state index in [1.54, 1.807) is 30.2 Å². The maximum Gasteiger partial charge on any atom is 0.255 e. The first-order chi connectivity index (χ1) is 16.4. The van der Waals surface area contributed by atoms with Gasteiger partial charge in [0, 0.05) is 16.2 Å². The van der Waals surface area contributed by atoms with Crippen LogP contribution >= 0.6 is 15.9 Å². The first kappa shape index (κ1) is 23.6. The van der Waals surface area contributed by atoms with Crippen molar-refractivity contribution in [2.75, 3.05) is 30.6 Å². The van der Waals surface area contributed by atoms with E-state index in [4.69, 9.17) is 9.47 Å². The molecule has 1 aliphatic heterocycles. The van der Waals surface area contributed by atoms with Crippen molar-refractivity contribution in [3.05, 3.63) is 88.4 Å². The van der Waals surface area contributed by atoms with E-state index in [0.717, 1.165) is 15.6 Å². The molecular formula is C27H25BrN2O4. The number of anilines is 2. The lowest BCUT2D eigenvalue weighted by Crippen LogP contribution is -2.61. The molecular weight excluding hydrogens is 496 g/mol. The molecule has 1 aliphatic rings. The lowest BCUT2D eigenvalue weighted by molar-refractivity contribution is -0.127. The number of nitrogens with zero attached hydrogens (tertiary/aromatic N) is 2. The minimum atomic E-state index is -0.821. The van der Waals surface area contributed by atoms with Crippen LogP contribution in [0.15, 0.2) is 82.8 Å². The SMILES string of the molecule is COc1ccc(OC)c(N2CC(=O)N(c3ccc(Br)cc3)[C@@H](/C(C)=C/c3ccccc3)C2=O)c1. The highest BCUT2D eigenvalue weighted by Gasteiger charge is 2.42. The molecule has 0 spiro atoms. The van der Waals surface area contributed by atoms with Gasteiger partial charge in [-0.15, -0.1) is 0 Å². The number of piperazine rings is 1. The fraction of sp³-hybridized carbons (Fsp3) is 0.185. The highest BCUT2D eigenvalue weighted by Crippen LogP contribution is 2.36. The molecule has 0 saturated carbocycles. The van der Waals surface area contributed by atoms with Gasteiger partial charge >= 0.3 is 0 Å². The summed E-state index contributed by atoms with van der Waals surface area (Å²) in [5.41, 5.74) is 2.85. The third-order valence-corrected chi connectivity index (χ3v) is 6.26. The zero-order valence-corrected chi connectivity index (χ0v) is 20.8. The summed E-state index contributed by atoms with van der Waals surface area (Å²) in [5, 5.41) is 0. The molecule has 0 radical (unpaired) electrons. The molecule has 0 bridgehead atoms. The quantitative estimate of drug-likeness (QED) is 0.441. The first-order valence-corrected chi connectivity index (χ1v) is 11.6. The highest BCUT2D eigenvalue weighted by atomic mass is 79.9. The van der Waals surface area contributed by atoms with E-state index in [9.17, 15) is 9.59 Å². The highest BCUT2D eigenvalue weighted by molar-refractivity contribution is 9.10. The Hall–Kier alpha value is -3.58. The Balaban J connectivity index is 1.83. The van der Waals surface area contributed by atoms with Crippen LogP contribution in [0.25, 0.3) is 6.08 Å². The topological polar surface area (TPSA) is 59.1 Å². The first-order valence-electron chi connectivity index (χ1n) is 10.8. The van der Waals surface area contributed by atoms with E-state index in [-0.39, 0.29) is 18.4 Å². The molecule has 0 aliphatic carbocycles. The Morgan fingerprint density at radius 3 is 2.32 bits per heavy atom. The molecule has 1 fully saturated rings. The molecule has 34 heavy (non-hydrogen) atoms. The van der Waals surface area contributed by atoms with Crippen molar-refractivity contribution in [1.82, 2.24) is 0 Å². The van der Waals surface area contributed by atoms with Gasteiger partial charge in [-0.3, -0.25) is 19.4 Å². The summed E-state index contributed by atoms with van der Waals surface area (Å²) >= 11 is 3.44. The van der Waals surface area contributed by atoms with Gasteiger partial charge in [0.25, 0.3) is 5.91 Å². The number of halogens is 1. The predicted molar refractivity (Wildman–Crippen MR) is 137 cm³/mol. The van der Waals surface area contributed by atoms with Crippen molar-refractivity contribution in [1.29, 1.82) is 0 Å². The van der Waals surface area contributed by atoms with E-state index >= 15 is 0 Å². The van der Waals surface area contributed by atoms with Gasteiger partial charge in [-0.05, 0) is 54.5 Å². The molecule has 3 aromatic carbocycles. The molecule has 1 saturated heterocycles. The Kier molecular flexibility index (Phi) is 7.03. The van der Waals surface area contributed by atoms with E-state index in [1.165, 1.54) is 12.0 Å². The molecule has 1 heterocycles. The minimum Gasteiger partial charge on any atom is -0.497 e. The molecule has 4 rings (SSSR count). The van der Waals surface area contributed by atoms with Gasteiger partial charge in [-0.2, -0.15) is 0 Å². The maximum absolute atomic E-state index is 14.0. The molecule has 3 aromatic rings. The number of rotatable bonds is 6. The van der Waals surface area contributed by atoms with Crippen molar-refractivity contribution in [2.24, 2.45) is 0 Å². The van der Waals surface area contributed by atoms with E-state index in [0.29, 0.717) is 22.9 Å². The lowest BCUT2D eigenvalue weighted by atomic mass is 9.98. The summed E-state index contributed by atoms with van der Waals surface area (Å²) < 4.78 is 11.8. The molecule has 7 heteroatoms. The second-order valence-corrected chi connectivity index (χ2v) is 8.82. The van der Waals surface area contributed by atoms with E-state index in [2.05, 4.69) is 15.9 Å². The summed E-state index contributed by atoms with van der Waals surface area (Å²) in [6.45, 7) is 1.76. The molecule has 6 nitrogen and oxygen atoms in total. The van der Waals surface area contributed by atoms with Crippen molar-refractivity contribution in [3.8, 4) is 11.5 Å². The van der Waals surface area contributed by atoms with Gasteiger partial charge < -0.3 is 9.47 Å². The summed E-state index contributed by atoms with van der Waals surface area (Å²) in [7, 11) is 3.09. The lowest BCUT2D eigenvalue weighted by Gasteiger charge is -2.41. The van der Waals surface area contributed by atoms with Crippen LogP contribution in [0.2, 0.25) is 0 Å². The largest absolute Gasteiger partial charge is 0.497 e. The van der Waals surface area contributed by atoms with Gasteiger partial charge in [0.05, 0.1) is 19.9 Å². The van der Waals surface area contributed by atoms with Gasteiger partial charge in [-0.1, -0.05) is 52.3 Å². The minimum absolute atomic E-state index is 0.118. The van der Waals surface area contributed by atoms with Crippen LogP contribution < -0.4 is 19.3 Å². The standard InChI is InChI=1S/C27H25BrN2O4/c1-18(15-19-7-5-4-6-8-19)26-27(32)29(23-16-22(33-2)13-14-24(23)34-3)17-25(31)30(26)21-11-9-20(28)10-12-21/h4-16,26H,17H2,1-3H3/b18-15+/t26-/m0/s1. The van der Waals surface area contributed by atoms with Crippen LogP contribution in [0.4, 0.5) is 11.4 Å². The number of benzene rings is 3. The Morgan fingerprint density at radius 2 is 1.68 bits per heavy atom. The maximum atomic E-state index is 14.0. The van der Waals surface area contributed by atoms with Gasteiger partial charge in [-0.25, -0.2) is 0 Å². The van der Waals surface area contributed by atoms with Crippen molar-refractivity contribution >= 4 is 45.2 Å². The van der Waals surface area contributed by atoms with Gasteiger partial charge in [0.2, 0.25) is 5.91 Å². The van der Waals surface area contributed by atoms with E-state index < -0.39 is 6.04 Å². The predicted octanol–water partition coefficient (Wildman–Crippen LogP) is 5.32. The number of carbonyl (C=O) groups is 2. The zero-order valence-electron chi connectivity index (χ0n) is 19.2. The number of amides is 2. The fourth-order valence-corrected chi connectivity index (χ4v) is 4.35. The second kappa shape index (κ2) is 10.1. The van der Waals surface area contributed by atoms with Crippen LogP contribution in [0.1, 0.15) is 12.5 Å². The molecule has 174 valence electrons. The molecule has 0 N–H and O–H groups in total. The average molecular weight is 521 g/mol. The van der Waals surface area contributed by atoms with Crippen LogP contribution in [-0.4, -0.2) is 38.6 Å². The average Bonchev–Trinajstić information content (AvgIpc) is 2.85. The normalized spacial score (nSPS) is 16.6. The van der Waals surface area contributed by atoms with Gasteiger partial charge in [0.1, 0.15) is 24.1 Å².